The number of nitrogens with one attached hydrogen (secondary N) is 1. The van der Waals surface area contributed by atoms with Crippen LogP contribution < -0.4 is 10.1 Å². The number of phenols is 1. The molecule has 0 saturated carbocycles. The molecule has 1 aliphatic rings. The van der Waals surface area contributed by atoms with Gasteiger partial charge in [0.05, 0.1) is 23.3 Å². The fourth-order valence-electron chi connectivity index (χ4n) is 2.71. The van der Waals surface area contributed by atoms with Gasteiger partial charge in [-0.3, -0.25) is 14.5 Å². The molecule has 1 heterocycles. The predicted octanol–water partition coefficient (Wildman–Crippen LogP) is 2.94. The van der Waals surface area contributed by atoms with Crippen molar-refractivity contribution in [3.05, 3.63) is 58.5 Å². The highest BCUT2D eigenvalue weighted by Gasteiger charge is 2.33. The quantitative estimate of drug-likeness (QED) is 0.354. The summed E-state index contributed by atoms with van der Waals surface area (Å²) in [6.07, 6.45) is 1.64. The summed E-state index contributed by atoms with van der Waals surface area (Å²) < 4.78 is 5.48. The van der Waals surface area contributed by atoms with Gasteiger partial charge in [0, 0.05) is 5.56 Å². The lowest BCUT2D eigenvalue weighted by Gasteiger charge is -2.15. The smallest absolute Gasteiger partial charge is 0.337 e. The number of thiocarbonyl (C=S) groups is 1. The van der Waals surface area contributed by atoms with E-state index in [0.29, 0.717) is 16.2 Å². The van der Waals surface area contributed by atoms with E-state index in [1.807, 2.05) is 0 Å². The van der Waals surface area contributed by atoms with Gasteiger partial charge in [0.2, 0.25) is 5.91 Å². The third kappa shape index (κ3) is 4.61. The molecule has 0 atom stereocenters. The minimum absolute atomic E-state index is 0.000282. The maximum Gasteiger partial charge on any atom is 0.337 e. The van der Waals surface area contributed by atoms with Crippen LogP contribution in [-0.2, 0) is 9.59 Å². The van der Waals surface area contributed by atoms with Gasteiger partial charge in [0.15, 0.2) is 0 Å². The van der Waals surface area contributed by atoms with E-state index in [0.717, 1.165) is 22.7 Å². The first-order valence-corrected chi connectivity index (χ1v) is 9.77. The standard InChI is InChI=1S/C20H16N2O6S2/c1-28-15-5-3-2-4-11(15)8-16-18(25)22(20(29)30-16)10-17(24)21-14-7-6-12(23)9-13(14)19(26)27/h2-9,23H,10H2,1H3,(H,21,24)(H,26,27)/b16-8+. The Morgan fingerprint density at radius 2 is 2.00 bits per heavy atom. The van der Waals surface area contributed by atoms with E-state index in [-0.39, 0.29) is 27.9 Å². The predicted molar refractivity (Wildman–Crippen MR) is 117 cm³/mol. The number of aromatic carboxylic acids is 1. The Labute approximate surface area is 181 Å². The first-order valence-electron chi connectivity index (χ1n) is 8.54. The van der Waals surface area contributed by atoms with Crippen molar-refractivity contribution in [1.82, 2.24) is 4.90 Å². The second-order valence-corrected chi connectivity index (χ2v) is 7.77. The summed E-state index contributed by atoms with van der Waals surface area (Å²) in [5.41, 5.74) is 0.422. The normalized spacial score (nSPS) is 14.8. The van der Waals surface area contributed by atoms with Crippen molar-refractivity contribution in [2.24, 2.45) is 0 Å². The van der Waals surface area contributed by atoms with Crippen molar-refractivity contribution >= 4 is 57.8 Å². The number of nitrogens with zero attached hydrogens (tertiary/aromatic N) is 1. The molecule has 3 rings (SSSR count). The summed E-state index contributed by atoms with van der Waals surface area (Å²) in [6.45, 7) is -0.381. The topological polar surface area (TPSA) is 116 Å². The molecule has 1 aliphatic heterocycles. The molecule has 2 aromatic rings. The minimum Gasteiger partial charge on any atom is -0.508 e. The molecule has 1 saturated heterocycles. The van der Waals surface area contributed by atoms with Crippen LogP contribution in [-0.4, -0.2) is 50.9 Å². The number of carboxylic acids is 1. The first kappa shape index (κ1) is 21.3. The number of carbonyl (C=O) groups is 3. The number of ether oxygens (including phenoxy) is 1. The molecular formula is C20H16N2O6S2. The van der Waals surface area contributed by atoms with Crippen molar-refractivity contribution in [3.8, 4) is 11.5 Å². The number of aromatic hydroxyl groups is 1. The number of amides is 2. The maximum atomic E-state index is 12.7. The SMILES string of the molecule is COc1ccccc1/C=C1/SC(=S)N(CC(=O)Nc2ccc(O)cc2C(=O)O)C1=O. The Morgan fingerprint density at radius 1 is 1.27 bits per heavy atom. The first-order chi connectivity index (χ1) is 14.3. The maximum absolute atomic E-state index is 12.7. The summed E-state index contributed by atoms with van der Waals surface area (Å²) in [6, 6.07) is 10.7. The average molecular weight is 444 g/mol. The number of para-hydroxylation sites is 1. The van der Waals surface area contributed by atoms with Crippen LogP contribution >= 0.6 is 24.0 Å². The highest BCUT2D eigenvalue weighted by atomic mass is 32.2. The lowest BCUT2D eigenvalue weighted by molar-refractivity contribution is -0.126. The minimum atomic E-state index is -1.31. The van der Waals surface area contributed by atoms with E-state index >= 15 is 0 Å². The van der Waals surface area contributed by atoms with E-state index in [4.69, 9.17) is 17.0 Å². The van der Waals surface area contributed by atoms with Gasteiger partial charge < -0.3 is 20.3 Å². The van der Waals surface area contributed by atoms with Crippen molar-refractivity contribution in [3.63, 3.8) is 0 Å². The number of phenolic OH excluding ortho intramolecular Hbond substituents is 1. The number of thioether (sulfide) groups is 1. The Balaban J connectivity index is 1.75. The van der Waals surface area contributed by atoms with Crippen LogP contribution in [0.25, 0.3) is 6.08 Å². The molecule has 0 aliphatic carbocycles. The van der Waals surface area contributed by atoms with Crippen LogP contribution in [0.4, 0.5) is 5.69 Å². The van der Waals surface area contributed by atoms with E-state index in [1.165, 1.54) is 19.2 Å². The molecule has 30 heavy (non-hydrogen) atoms. The number of anilines is 1. The molecule has 2 aromatic carbocycles. The largest absolute Gasteiger partial charge is 0.508 e. The summed E-state index contributed by atoms with van der Waals surface area (Å²) in [5.74, 6) is -2.03. The van der Waals surface area contributed by atoms with Crippen LogP contribution in [0.15, 0.2) is 47.4 Å². The summed E-state index contributed by atoms with van der Waals surface area (Å²) in [5, 5.41) is 21.1. The van der Waals surface area contributed by atoms with Gasteiger partial charge in [-0.15, -0.1) is 0 Å². The van der Waals surface area contributed by atoms with Gasteiger partial charge in [-0.25, -0.2) is 4.79 Å². The average Bonchev–Trinajstić information content (AvgIpc) is 2.97. The van der Waals surface area contributed by atoms with E-state index in [1.54, 1.807) is 30.3 Å². The molecule has 1 fully saturated rings. The number of hydrogen-bond acceptors (Lipinski definition) is 7. The molecule has 0 bridgehead atoms. The van der Waals surface area contributed by atoms with Crippen LogP contribution in [0, 0.1) is 0 Å². The molecule has 0 spiro atoms. The van der Waals surface area contributed by atoms with Crippen molar-refractivity contribution in [1.29, 1.82) is 0 Å². The fourth-order valence-corrected chi connectivity index (χ4v) is 3.96. The Morgan fingerprint density at radius 3 is 2.70 bits per heavy atom. The number of carbonyl (C=O) groups excluding carboxylic acids is 2. The van der Waals surface area contributed by atoms with Crippen LogP contribution in [0.3, 0.4) is 0 Å². The van der Waals surface area contributed by atoms with Gasteiger partial charge in [-0.1, -0.05) is 42.2 Å². The van der Waals surface area contributed by atoms with Gasteiger partial charge >= 0.3 is 5.97 Å². The highest BCUT2D eigenvalue weighted by molar-refractivity contribution is 8.26. The molecule has 154 valence electrons. The lowest BCUT2D eigenvalue weighted by atomic mass is 10.1. The number of methoxy groups -OCH3 is 1. The van der Waals surface area contributed by atoms with Crippen LogP contribution in [0.5, 0.6) is 11.5 Å². The van der Waals surface area contributed by atoms with Gasteiger partial charge in [0.1, 0.15) is 22.4 Å². The lowest BCUT2D eigenvalue weighted by Crippen LogP contribution is -2.36. The van der Waals surface area contributed by atoms with Crippen molar-refractivity contribution in [2.45, 2.75) is 0 Å². The summed E-state index contributed by atoms with van der Waals surface area (Å²) >= 11 is 6.29. The van der Waals surface area contributed by atoms with Crippen molar-refractivity contribution in [2.75, 3.05) is 19.0 Å². The number of hydrogen-bond donors (Lipinski definition) is 3. The number of rotatable bonds is 6. The number of carboxylic acid groups (broad SMARTS) is 1. The summed E-state index contributed by atoms with van der Waals surface area (Å²) in [7, 11) is 1.52. The van der Waals surface area contributed by atoms with Gasteiger partial charge in [-0.2, -0.15) is 0 Å². The zero-order valence-corrected chi connectivity index (χ0v) is 17.3. The Bertz CT molecular complexity index is 1080. The molecule has 0 unspecified atom stereocenters. The molecule has 0 aromatic heterocycles. The third-order valence-corrected chi connectivity index (χ3v) is 5.49. The van der Waals surface area contributed by atoms with E-state index < -0.39 is 17.8 Å². The molecule has 2 amide bonds. The zero-order valence-electron chi connectivity index (χ0n) is 15.6. The Kier molecular flexibility index (Phi) is 6.38. The van der Waals surface area contributed by atoms with E-state index in [9.17, 15) is 24.6 Å². The van der Waals surface area contributed by atoms with Crippen molar-refractivity contribution < 1.29 is 29.3 Å². The van der Waals surface area contributed by atoms with Gasteiger partial charge in [-0.05, 0) is 30.3 Å². The third-order valence-electron chi connectivity index (χ3n) is 4.11. The van der Waals surface area contributed by atoms with Crippen LogP contribution in [0.1, 0.15) is 15.9 Å². The molecule has 10 heteroatoms. The molecule has 0 radical (unpaired) electrons. The highest BCUT2D eigenvalue weighted by Crippen LogP contribution is 2.34. The molecular weight excluding hydrogens is 428 g/mol. The second kappa shape index (κ2) is 8.97. The monoisotopic (exact) mass is 444 g/mol. The van der Waals surface area contributed by atoms with E-state index in [2.05, 4.69) is 5.32 Å². The second-order valence-electron chi connectivity index (χ2n) is 6.09. The number of benzene rings is 2. The van der Waals surface area contributed by atoms with Crippen LogP contribution in [0.2, 0.25) is 0 Å². The zero-order chi connectivity index (χ0) is 21.8. The molecule has 8 nitrogen and oxygen atoms in total. The molecule has 3 N–H and O–H groups in total. The summed E-state index contributed by atoms with van der Waals surface area (Å²) in [4.78, 5) is 37.9. The fraction of sp³-hybridized carbons (Fsp3) is 0.100. The van der Waals surface area contributed by atoms with Gasteiger partial charge in [0.25, 0.3) is 5.91 Å². The Hall–Kier alpha value is -3.37.